The second-order valence-electron chi connectivity index (χ2n) is 6.81. The van der Waals surface area contributed by atoms with Crippen LogP contribution in [0.2, 0.25) is 0 Å². The minimum absolute atomic E-state index is 0.127. The van der Waals surface area contributed by atoms with Gasteiger partial charge < -0.3 is 0 Å². The number of hydrogen-bond acceptors (Lipinski definition) is 5. The highest BCUT2D eigenvalue weighted by Gasteiger charge is 2.30. The Hall–Kier alpha value is -3.29. The normalized spacial score (nSPS) is 12.2. The highest BCUT2D eigenvalue weighted by atomic mass is 32.2. The van der Waals surface area contributed by atoms with Crippen LogP contribution in [-0.4, -0.2) is 20.0 Å². The van der Waals surface area contributed by atoms with Gasteiger partial charge in [-0.1, -0.05) is 72.4 Å². The maximum Gasteiger partial charge on any atom is 0.298 e. The van der Waals surface area contributed by atoms with Gasteiger partial charge in [0.05, 0.1) is 11.4 Å². The number of carbonyl (C=O) groups excluding carboxylic acids is 1. The van der Waals surface area contributed by atoms with E-state index in [1.807, 2.05) is 83.4 Å². The van der Waals surface area contributed by atoms with Gasteiger partial charge in [-0.3, -0.25) is 14.3 Å². The van der Waals surface area contributed by atoms with Gasteiger partial charge in [-0.05, 0) is 24.3 Å². The van der Waals surface area contributed by atoms with Gasteiger partial charge in [0, 0.05) is 33.7 Å². The number of nitrogens with zero attached hydrogens (tertiary/aromatic N) is 4. The largest absolute Gasteiger partial charge is 0.298 e. The first-order chi connectivity index (χ1) is 15.3. The van der Waals surface area contributed by atoms with Crippen molar-refractivity contribution in [2.45, 2.75) is 21.5 Å². The molecule has 5 nitrogen and oxygen atoms in total. The number of benzene rings is 3. The van der Waals surface area contributed by atoms with Crippen molar-refractivity contribution in [3.8, 4) is 11.4 Å². The van der Waals surface area contributed by atoms with E-state index in [2.05, 4.69) is 16.8 Å². The fourth-order valence-corrected chi connectivity index (χ4v) is 5.34. The van der Waals surface area contributed by atoms with Gasteiger partial charge in [-0.25, -0.2) is 0 Å². The quantitative estimate of drug-likeness (QED) is 0.262. The molecule has 0 spiro atoms. The second-order valence-corrected chi connectivity index (χ2v) is 8.81. The van der Waals surface area contributed by atoms with Crippen LogP contribution < -0.4 is 4.90 Å². The molecule has 152 valence electrons. The topological polar surface area (TPSA) is 51.0 Å². The predicted molar refractivity (Wildman–Crippen MR) is 126 cm³/mol. The van der Waals surface area contributed by atoms with Crippen molar-refractivity contribution in [1.82, 2.24) is 14.8 Å². The van der Waals surface area contributed by atoms with E-state index in [0.717, 1.165) is 38.5 Å². The molecule has 5 rings (SSSR count). The number of aromatic nitrogens is 3. The molecule has 0 radical (unpaired) electrons. The fraction of sp³-hybridized carbons (Fsp3) is 0.0417. The minimum Gasteiger partial charge on any atom is -0.298 e. The smallest absolute Gasteiger partial charge is 0.298 e. The molecule has 0 bridgehead atoms. The summed E-state index contributed by atoms with van der Waals surface area (Å²) < 4.78 is 1.92. The lowest BCUT2D eigenvalue weighted by atomic mass is 10.2. The van der Waals surface area contributed by atoms with Crippen LogP contribution in [0.25, 0.3) is 11.4 Å². The van der Waals surface area contributed by atoms with Crippen LogP contribution in [0.15, 0.2) is 106 Å². The molecule has 3 aromatic carbocycles. The number of allylic oxidation sites excluding steroid dienone is 1. The SMILES string of the molecule is C=CCn1c(SC(=O)N2c3ccccc3Sc3ccccc32)nnc1-c1ccccc1. The van der Waals surface area contributed by atoms with E-state index in [0.29, 0.717) is 17.5 Å². The molecular formula is C24H18N4OS2. The first-order valence-electron chi connectivity index (χ1n) is 9.73. The molecule has 31 heavy (non-hydrogen) atoms. The molecule has 0 fully saturated rings. The zero-order chi connectivity index (χ0) is 21.2. The van der Waals surface area contributed by atoms with Crippen molar-refractivity contribution in [3.05, 3.63) is 91.5 Å². The van der Waals surface area contributed by atoms with Crippen LogP contribution in [0.3, 0.4) is 0 Å². The monoisotopic (exact) mass is 442 g/mol. The standard InChI is InChI=1S/C24H18N4OS2/c1-2-16-27-22(17-10-4-3-5-11-17)25-26-23(27)31-24(29)28-18-12-6-8-14-20(18)30-21-15-9-7-13-19(21)28/h2-15H,1,16H2. The van der Waals surface area contributed by atoms with Crippen LogP contribution in [0.1, 0.15) is 0 Å². The lowest BCUT2D eigenvalue weighted by Gasteiger charge is -2.30. The Kier molecular flexibility index (Phi) is 5.36. The molecule has 1 aromatic heterocycles. The number of fused-ring (bicyclic) bond motifs is 2. The zero-order valence-corrected chi connectivity index (χ0v) is 18.1. The van der Waals surface area contributed by atoms with Crippen LogP contribution in [0.4, 0.5) is 16.2 Å². The molecule has 0 atom stereocenters. The highest BCUT2D eigenvalue weighted by molar-refractivity contribution is 8.13. The summed E-state index contributed by atoms with van der Waals surface area (Å²) in [5.41, 5.74) is 2.70. The van der Waals surface area contributed by atoms with Gasteiger partial charge in [0.1, 0.15) is 0 Å². The molecular weight excluding hydrogens is 424 g/mol. The summed E-state index contributed by atoms with van der Waals surface area (Å²) in [4.78, 5) is 17.4. The summed E-state index contributed by atoms with van der Waals surface area (Å²) in [6.45, 7) is 4.37. The molecule has 1 amide bonds. The lowest BCUT2D eigenvalue weighted by Crippen LogP contribution is -2.25. The van der Waals surface area contributed by atoms with Crippen molar-refractivity contribution >= 4 is 40.1 Å². The third-order valence-corrected chi connectivity index (χ3v) is 6.83. The summed E-state index contributed by atoms with van der Waals surface area (Å²) in [6, 6.07) is 25.7. The number of amides is 1. The van der Waals surface area contributed by atoms with Gasteiger partial charge >= 0.3 is 0 Å². The van der Waals surface area contributed by atoms with E-state index in [-0.39, 0.29) is 5.24 Å². The molecule has 4 aromatic rings. The lowest BCUT2D eigenvalue weighted by molar-refractivity contribution is 0.266. The van der Waals surface area contributed by atoms with Gasteiger partial charge in [0.2, 0.25) is 5.16 Å². The Morgan fingerprint density at radius 2 is 1.52 bits per heavy atom. The molecule has 1 aliphatic rings. The second kappa shape index (κ2) is 8.45. The summed E-state index contributed by atoms with van der Waals surface area (Å²) in [7, 11) is 0. The molecule has 2 heterocycles. The van der Waals surface area contributed by atoms with E-state index in [1.54, 1.807) is 22.7 Å². The molecule has 7 heteroatoms. The first-order valence-corrected chi connectivity index (χ1v) is 11.4. The van der Waals surface area contributed by atoms with Crippen molar-refractivity contribution in [3.63, 3.8) is 0 Å². The molecule has 0 aliphatic carbocycles. The van der Waals surface area contributed by atoms with Crippen LogP contribution in [0.5, 0.6) is 0 Å². The number of anilines is 2. The number of carbonyl (C=O) groups is 1. The van der Waals surface area contributed by atoms with Crippen LogP contribution in [0, 0.1) is 0 Å². The van der Waals surface area contributed by atoms with E-state index in [9.17, 15) is 4.79 Å². The van der Waals surface area contributed by atoms with Gasteiger partial charge in [-0.15, -0.1) is 16.8 Å². The Morgan fingerprint density at radius 3 is 2.16 bits per heavy atom. The highest BCUT2D eigenvalue weighted by Crippen LogP contribution is 2.49. The van der Waals surface area contributed by atoms with E-state index >= 15 is 0 Å². The number of para-hydroxylation sites is 2. The van der Waals surface area contributed by atoms with Crippen molar-refractivity contribution in [1.29, 1.82) is 0 Å². The average Bonchev–Trinajstić information content (AvgIpc) is 3.20. The van der Waals surface area contributed by atoms with E-state index in [4.69, 9.17) is 0 Å². The fourth-order valence-electron chi connectivity index (χ4n) is 3.48. The van der Waals surface area contributed by atoms with Crippen LogP contribution in [-0.2, 0) is 6.54 Å². The van der Waals surface area contributed by atoms with E-state index in [1.165, 1.54) is 0 Å². The Morgan fingerprint density at radius 1 is 0.903 bits per heavy atom. The van der Waals surface area contributed by atoms with Crippen LogP contribution >= 0.6 is 23.5 Å². The first kappa shape index (κ1) is 19.7. The Bertz CT molecular complexity index is 1220. The maximum atomic E-state index is 13.6. The number of hydrogen-bond donors (Lipinski definition) is 0. The third kappa shape index (κ3) is 3.66. The molecule has 0 N–H and O–H groups in total. The molecule has 0 saturated carbocycles. The summed E-state index contributed by atoms with van der Waals surface area (Å²) >= 11 is 2.75. The summed E-state index contributed by atoms with van der Waals surface area (Å²) in [6.07, 6.45) is 1.78. The summed E-state index contributed by atoms with van der Waals surface area (Å²) in [5.74, 6) is 0.714. The van der Waals surface area contributed by atoms with Crippen molar-refractivity contribution < 1.29 is 4.79 Å². The molecule has 0 saturated heterocycles. The average molecular weight is 443 g/mol. The Balaban J connectivity index is 1.53. The predicted octanol–water partition coefficient (Wildman–Crippen LogP) is 6.65. The molecule has 0 unspecified atom stereocenters. The Labute approximate surface area is 188 Å². The van der Waals surface area contributed by atoms with Crippen molar-refractivity contribution in [2.24, 2.45) is 0 Å². The van der Waals surface area contributed by atoms with Gasteiger partial charge in [0.25, 0.3) is 5.24 Å². The van der Waals surface area contributed by atoms with Crippen molar-refractivity contribution in [2.75, 3.05) is 4.90 Å². The third-order valence-electron chi connectivity index (χ3n) is 4.85. The zero-order valence-electron chi connectivity index (χ0n) is 16.5. The van der Waals surface area contributed by atoms with E-state index < -0.39 is 0 Å². The number of thioether (sulfide) groups is 1. The van der Waals surface area contributed by atoms with Gasteiger partial charge in [-0.2, -0.15) is 0 Å². The maximum absolute atomic E-state index is 13.6. The number of rotatable bonds is 4. The summed E-state index contributed by atoms with van der Waals surface area (Å²) in [5, 5.41) is 9.11. The minimum atomic E-state index is -0.127. The molecule has 1 aliphatic heterocycles. The van der Waals surface area contributed by atoms with Gasteiger partial charge in [0.15, 0.2) is 5.82 Å².